The molecule has 0 fully saturated rings. The lowest BCUT2D eigenvalue weighted by Gasteiger charge is -2.11. The number of hydrogen-bond acceptors (Lipinski definition) is 3. The quantitative estimate of drug-likeness (QED) is 0.854. The number of halogens is 1. The molecule has 0 bridgehead atoms. The highest BCUT2D eigenvalue weighted by Gasteiger charge is 2.12. The van der Waals surface area contributed by atoms with E-state index in [1.807, 2.05) is 30.3 Å². The third kappa shape index (κ3) is 4.01. The number of nitrogens with one attached hydrogen (secondary N) is 1. The lowest BCUT2D eigenvalue weighted by Crippen LogP contribution is -2.26. The van der Waals surface area contributed by atoms with E-state index in [0.29, 0.717) is 24.3 Å². The average molecular weight is 364 g/mol. The summed E-state index contributed by atoms with van der Waals surface area (Å²) in [7, 11) is 3.19. The first-order valence-electron chi connectivity index (χ1n) is 6.89. The molecule has 0 atom stereocenters. The molecule has 22 heavy (non-hydrogen) atoms. The van der Waals surface area contributed by atoms with Crippen LogP contribution in [0.2, 0.25) is 0 Å². The summed E-state index contributed by atoms with van der Waals surface area (Å²) in [5.41, 5.74) is 1.57. The van der Waals surface area contributed by atoms with Crippen molar-refractivity contribution in [2.24, 2.45) is 0 Å². The topological polar surface area (TPSA) is 47.6 Å². The predicted molar refractivity (Wildman–Crippen MR) is 89.7 cm³/mol. The first-order valence-corrected chi connectivity index (χ1v) is 7.68. The SMILES string of the molecule is COc1ccccc1CCNC(=O)c1cc(Br)ccc1OC. The van der Waals surface area contributed by atoms with E-state index in [1.165, 1.54) is 0 Å². The largest absolute Gasteiger partial charge is 0.496 e. The molecule has 4 nitrogen and oxygen atoms in total. The standard InChI is InChI=1S/C17H18BrNO3/c1-21-15-6-4-3-5-12(15)9-10-19-17(20)14-11-13(18)7-8-16(14)22-2/h3-8,11H,9-10H2,1-2H3,(H,19,20). The summed E-state index contributed by atoms with van der Waals surface area (Å²) in [5, 5.41) is 2.91. The highest BCUT2D eigenvalue weighted by Crippen LogP contribution is 2.23. The molecule has 2 aromatic carbocycles. The van der Waals surface area contributed by atoms with Gasteiger partial charge in [0, 0.05) is 11.0 Å². The lowest BCUT2D eigenvalue weighted by molar-refractivity contribution is 0.0951. The number of rotatable bonds is 6. The van der Waals surface area contributed by atoms with Gasteiger partial charge in [-0.05, 0) is 36.2 Å². The smallest absolute Gasteiger partial charge is 0.255 e. The maximum atomic E-state index is 12.3. The van der Waals surface area contributed by atoms with Crippen molar-refractivity contribution in [2.75, 3.05) is 20.8 Å². The molecule has 0 saturated heterocycles. The molecule has 0 heterocycles. The van der Waals surface area contributed by atoms with Gasteiger partial charge in [-0.3, -0.25) is 4.79 Å². The zero-order valence-corrected chi connectivity index (χ0v) is 14.1. The fraction of sp³-hybridized carbons (Fsp3) is 0.235. The number of ether oxygens (including phenoxy) is 2. The van der Waals surface area contributed by atoms with Gasteiger partial charge in [0.15, 0.2) is 0 Å². The molecule has 2 aromatic rings. The van der Waals surface area contributed by atoms with E-state index in [0.717, 1.165) is 15.8 Å². The minimum absolute atomic E-state index is 0.159. The van der Waals surface area contributed by atoms with Gasteiger partial charge in [0.1, 0.15) is 11.5 Å². The number of carbonyl (C=O) groups is 1. The van der Waals surface area contributed by atoms with Gasteiger partial charge in [0.25, 0.3) is 5.91 Å². The number of carbonyl (C=O) groups excluding carboxylic acids is 1. The highest BCUT2D eigenvalue weighted by molar-refractivity contribution is 9.10. The second-order valence-corrected chi connectivity index (χ2v) is 5.58. The number of hydrogen-bond donors (Lipinski definition) is 1. The minimum atomic E-state index is -0.159. The van der Waals surface area contributed by atoms with E-state index in [1.54, 1.807) is 26.4 Å². The molecule has 5 heteroatoms. The van der Waals surface area contributed by atoms with E-state index in [4.69, 9.17) is 9.47 Å². The summed E-state index contributed by atoms with van der Waals surface area (Å²) in [6.07, 6.45) is 0.700. The molecule has 0 saturated carbocycles. The molecule has 2 rings (SSSR count). The molecule has 1 amide bonds. The Morgan fingerprint density at radius 2 is 1.82 bits per heavy atom. The highest BCUT2D eigenvalue weighted by atomic mass is 79.9. The van der Waals surface area contributed by atoms with E-state index in [9.17, 15) is 4.79 Å². The predicted octanol–water partition coefficient (Wildman–Crippen LogP) is 3.44. The van der Waals surface area contributed by atoms with Crippen LogP contribution in [0.1, 0.15) is 15.9 Å². The van der Waals surface area contributed by atoms with Crippen LogP contribution >= 0.6 is 15.9 Å². The molecule has 0 spiro atoms. The minimum Gasteiger partial charge on any atom is -0.496 e. The third-order valence-corrected chi connectivity index (χ3v) is 3.77. The van der Waals surface area contributed by atoms with Crippen molar-refractivity contribution in [2.45, 2.75) is 6.42 Å². The molecular formula is C17H18BrNO3. The summed E-state index contributed by atoms with van der Waals surface area (Å²) in [6, 6.07) is 13.1. The fourth-order valence-corrected chi connectivity index (χ4v) is 2.53. The monoisotopic (exact) mass is 363 g/mol. The summed E-state index contributed by atoms with van der Waals surface area (Å²) in [5.74, 6) is 1.22. The molecular weight excluding hydrogens is 346 g/mol. The zero-order chi connectivity index (χ0) is 15.9. The molecule has 0 aliphatic rings. The summed E-state index contributed by atoms with van der Waals surface area (Å²) >= 11 is 3.37. The van der Waals surface area contributed by atoms with Crippen molar-refractivity contribution < 1.29 is 14.3 Å². The Labute approximate surface area is 138 Å². The van der Waals surface area contributed by atoms with Crippen molar-refractivity contribution in [1.29, 1.82) is 0 Å². The van der Waals surface area contributed by atoms with Crippen LogP contribution in [0.3, 0.4) is 0 Å². The number of benzene rings is 2. The Balaban J connectivity index is 2.00. The second kappa shape index (κ2) is 7.84. The van der Waals surface area contributed by atoms with Gasteiger partial charge in [0.2, 0.25) is 0 Å². The Morgan fingerprint density at radius 3 is 2.55 bits per heavy atom. The van der Waals surface area contributed by atoms with Crippen molar-refractivity contribution in [3.05, 3.63) is 58.1 Å². The van der Waals surface area contributed by atoms with E-state index in [-0.39, 0.29) is 5.91 Å². The number of amides is 1. The maximum absolute atomic E-state index is 12.3. The van der Waals surface area contributed by atoms with Crippen molar-refractivity contribution >= 4 is 21.8 Å². The van der Waals surface area contributed by atoms with Gasteiger partial charge in [-0.25, -0.2) is 0 Å². The molecule has 116 valence electrons. The van der Waals surface area contributed by atoms with Crippen LogP contribution in [-0.4, -0.2) is 26.7 Å². The van der Waals surface area contributed by atoms with Crippen LogP contribution in [0.25, 0.3) is 0 Å². The van der Waals surface area contributed by atoms with Crippen molar-refractivity contribution in [3.8, 4) is 11.5 Å². The van der Waals surface area contributed by atoms with Crippen LogP contribution < -0.4 is 14.8 Å². The van der Waals surface area contributed by atoms with Gasteiger partial charge >= 0.3 is 0 Å². The van der Waals surface area contributed by atoms with Crippen LogP contribution in [0.15, 0.2) is 46.9 Å². The van der Waals surface area contributed by atoms with Gasteiger partial charge in [-0.1, -0.05) is 34.1 Å². The molecule has 1 N–H and O–H groups in total. The lowest BCUT2D eigenvalue weighted by atomic mass is 10.1. The molecule has 0 unspecified atom stereocenters. The molecule has 0 aliphatic carbocycles. The average Bonchev–Trinajstić information content (AvgIpc) is 2.55. The zero-order valence-electron chi connectivity index (χ0n) is 12.6. The second-order valence-electron chi connectivity index (χ2n) is 4.66. The maximum Gasteiger partial charge on any atom is 0.255 e. The summed E-state index contributed by atoms with van der Waals surface area (Å²) in [6.45, 7) is 0.523. The fourth-order valence-electron chi connectivity index (χ4n) is 2.17. The number of methoxy groups -OCH3 is 2. The normalized spacial score (nSPS) is 10.1. The van der Waals surface area contributed by atoms with E-state index in [2.05, 4.69) is 21.2 Å². The van der Waals surface area contributed by atoms with Crippen LogP contribution in [0.4, 0.5) is 0 Å². The molecule has 0 aromatic heterocycles. The van der Waals surface area contributed by atoms with E-state index >= 15 is 0 Å². The summed E-state index contributed by atoms with van der Waals surface area (Å²) in [4.78, 5) is 12.3. The Bertz CT molecular complexity index is 658. The number of para-hydroxylation sites is 1. The van der Waals surface area contributed by atoms with Gasteiger partial charge in [-0.2, -0.15) is 0 Å². The van der Waals surface area contributed by atoms with Gasteiger partial charge < -0.3 is 14.8 Å². The van der Waals surface area contributed by atoms with Crippen LogP contribution in [0, 0.1) is 0 Å². The Kier molecular flexibility index (Phi) is 5.83. The molecule has 0 aliphatic heterocycles. The van der Waals surface area contributed by atoms with Crippen molar-refractivity contribution in [3.63, 3.8) is 0 Å². The first-order chi connectivity index (χ1) is 10.7. The Morgan fingerprint density at radius 1 is 1.09 bits per heavy atom. The van der Waals surface area contributed by atoms with Crippen molar-refractivity contribution in [1.82, 2.24) is 5.32 Å². The summed E-state index contributed by atoms with van der Waals surface area (Å²) < 4.78 is 11.4. The molecule has 0 radical (unpaired) electrons. The van der Waals surface area contributed by atoms with Gasteiger partial charge in [0.05, 0.1) is 19.8 Å². The first kappa shape index (κ1) is 16.4. The van der Waals surface area contributed by atoms with Crippen LogP contribution in [-0.2, 0) is 6.42 Å². The van der Waals surface area contributed by atoms with Crippen LogP contribution in [0.5, 0.6) is 11.5 Å². The van der Waals surface area contributed by atoms with Gasteiger partial charge in [-0.15, -0.1) is 0 Å². The third-order valence-electron chi connectivity index (χ3n) is 3.28. The Hall–Kier alpha value is -2.01. The van der Waals surface area contributed by atoms with E-state index < -0.39 is 0 Å².